The van der Waals surface area contributed by atoms with Crippen LogP contribution < -0.4 is 16.0 Å². The first-order chi connectivity index (χ1) is 10.6. The van der Waals surface area contributed by atoms with Crippen LogP contribution in [0.3, 0.4) is 0 Å². The summed E-state index contributed by atoms with van der Waals surface area (Å²) in [5.74, 6) is -0.395. The Bertz CT molecular complexity index is 564. The third-order valence-corrected chi connectivity index (χ3v) is 2.94. The summed E-state index contributed by atoms with van der Waals surface area (Å²) in [5, 5.41) is 17.6. The topological polar surface area (TPSA) is 94.0 Å². The lowest BCUT2D eigenvalue weighted by Crippen LogP contribution is -2.24. The Hall–Kier alpha value is -2.55. The molecule has 0 radical (unpaired) electrons. The van der Waals surface area contributed by atoms with E-state index in [4.69, 9.17) is 5.26 Å². The van der Waals surface area contributed by atoms with Crippen LogP contribution in [0.2, 0.25) is 0 Å². The highest BCUT2D eigenvalue weighted by molar-refractivity contribution is 5.96. The summed E-state index contributed by atoms with van der Waals surface area (Å²) in [4.78, 5) is 23.3. The van der Waals surface area contributed by atoms with E-state index in [0.29, 0.717) is 17.8 Å². The lowest BCUT2D eigenvalue weighted by atomic mass is 10.1. The first-order valence-electron chi connectivity index (χ1n) is 7.45. The van der Waals surface area contributed by atoms with Gasteiger partial charge in [0.1, 0.15) is 0 Å². The molecule has 0 aliphatic carbocycles. The third-order valence-electron chi connectivity index (χ3n) is 2.94. The standard InChI is InChI=1S/C16H22N4O2/c1-3-9-19-13-6-5-12(11-17)10-14(13)20-16(22)8-7-15(21)18-4-2/h5-6,10,19H,3-4,7-9H2,1-2H3,(H,18,21)(H,20,22). The number of benzene rings is 1. The van der Waals surface area contributed by atoms with Crippen LogP contribution in [0.4, 0.5) is 11.4 Å². The molecule has 1 rings (SSSR count). The molecule has 118 valence electrons. The molecule has 0 saturated heterocycles. The highest BCUT2D eigenvalue weighted by Crippen LogP contribution is 2.23. The Morgan fingerprint density at radius 1 is 1.14 bits per heavy atom. The molecule has 3 N–H and O–H groups in total. The second-order valence-corrected chi connectivity index (χ2v) is 4.80. The predicted molar refractivity (Wildman–Crippen MR) is 86.5 cm³/mol. The maximum absolute atomic E-state index is 11.9. The normalized spacial score (nSPS) is 9.68. The number of nitrogens with zero attached hydrogens (tertiary/aromatic N) is 1. The summed E-state index contributed by atoms with van der Waals surface area (Å²) in [6, 6.07) is 7.14. The van der Waals surface area contributed by atoms with Gasteiger partial charge >= 0.3 is 0 Å². The van der Waals surface area contributed by atoms with Crippen molar-refractivity contribution in [1.82, 2.24) is 5.32 Å². The van der Waals surface area contributed by atoms with Crippen molar-refractivity contribution in [1.29, 1.82) is 5.26 Å². The van der Waals surface area contributed by atoms with Crippen LogP contribution in [0.5, 0.6) is 0 Å². The zero-order chi connectivity index (χ0) is 16.4. The van der Waals surface area contributed by atoms with Gasteiger partial charge in [0.2, 0.25) is 11.8 Å². The molecule has 0 atom stereocenters. The second-order valence-electron chi connectivity index (χ2n) is 4.80. The van der Waals surface area contributed by atoms with Gasteiger partial charge in [-0.3, -0.25) is 9.59 Å². The molecule has 0 unspecified atom stereocenters. The number of carbonyl (C=O) groups excluding carboxylic acids is 2. The van der Waals surface area contributed by atoms with Crippen molar-refractivity contribution in [2.75, 3.05) is 23.7 Å². The number of hydrogen-bond acceptors (Lipinski definition) is 4. The third kappa shape index (κ3) is 5.83. The molecule has 0 aliphatic rings. The van der Waals surface area contributed by atoms with Crippen molar-refractivity contribution in [3.8, 4) is 6.07 Å². The SMILES string of the molecule is CCCNc1ccc(C#N)cc1NC(=O)CCC(=O)NCC. The zero-order valence-corrected chi connectivity index (χ0v) is 13.0. The Morgan fingerprint density at radius 2 is 1.86 bits per heavy atom. The predicted octanol–water partition coefficient (Wildman–Crippen LogP) is 2.23. The summed E-state index contributed by atoms with van der Waals surface area (Å²) in [6.45, 7) is 5.20. The monoisotopic (exact) mass is 302 g/mol. The van der Waals surface area contributed by atoms with Gasteiger partial charge < -0.3 is 16.0 Å². The second kappa shape index (κ2) is 9.40. The van der Waals surface area contributed by atoms with Crippen molar-refractivity contribution in [3.05, 3.63) is 23.8 Å². The molecule has 2 amide bonds. The minimum Gasteiger partial charge on any atom is -0.383 e. The molecule has 1 aromatic rings. The molecule has 0 fully saturated rings. The van der Waals surface area contributed by atoms with Crippen LogP contribution in [0, 0.1) is 11.3 Å². The summed E-state index contributed by atoms with van der Waals surface area (Å²) in [6.07, 6.45) is 1.20. The highest BCUT2D eigenvalue weighted by atomic mass is 16.2. The molecular formula is C16H22N4O2. The number of nitrogens with one attached hydrogen (secondary N) is 3. The van der Waals surface area contributed by atoms with Crippen molar-refractivity contribution in [3.63, 3.8) is 0 Å². The number of amides is 2. The minimum absolute atomic E-state index is 0.107. The summed E-state index contributed by atoms with van der Waals surface area (Å²) in [5.41, 5.74) is 1.81. The van der Waals surface area contributed by atoms with Crippen LogP contribution in [0.15, 0.2) is 18.2 Å². The van der Waals surface area contributed by atoms with Crippen molar-refractivity contribution < 1.29 is 9.59 Å². The van der Waals surface area contributed by atoms with Gasteiger partial charge in [-0.2, -0.15) is 5.26 Å². The maximum atomic E-state index is 11.9. The number of rotatable bonds is 8. The molecule has 0 aromatic heterocycles. The quantitative estimate of drug-likeness (QED) is 0.686. The molecule has 1 aromatic carbocycles. The number of anilines is 2. The summed E-state index contributed by atoms with van der Waals surface area (Å²) < 4.78 is 0. The van der Waals surface area contributed by atoms with E-state index in [1.165, 1.54) is 0 Å². The van der Waals surface area contributed by atoms with E-state index in [-0.39, 0.29) is 24.7 Å². The number of nitriles is 1. The lowest BCUT2D eigenvalue weighted by molar-refractivity contribution is -0.124. The van der Waals surface area contributed by atoms with Gasteiger partial charge in [-0.05, 0) is 31.5 Å². The fraction of sp³-hybridized carbons (Fsp3) is 0.438. The van der Waals surface area contributed by atoms with E-state index in [0.717, 1.165) is 18.7 Å². The average Bonchev–Trinajstić information content (AvgIpc) is 2.52. The zero-order valence-electron chi connectivity index (χ0n) is 13.0. The number of hydrogen-bond donors (Lipinski definition) is 3. The first kappa shape index (κ1) is 17.5. The van der Waals surface area contributed by atoms with E-state index in [2.05, 4.69) is 16.0 Å². The molecule has 0 spiro atoms. The van der Waals surface area contributed by atoms with E-state index in [1.54, 1.807) is 18.2 Å². The smallest absolute Gasteiger partial charge is 0.224 e. The van der Waals surface area contributed by atoms with Crippen molar-refractivity contribution >= 4 is 23.2 Å². The van der Waals surface area contributed by atoms with Gasteiger partial charge in [0, 0.05) is 25.9 Å². The highest BCUT2D eigenvalue weighted by Gasteiger charge is 2.10. The first-order valence-corrected chi connectivity index (χ1v) is 7.45. The van der Waals surface area contributed by atoms with Crippen LogP contribution in [0.25, 0.3) is 0 Å². The summed E-state index contributed by atoms with van der Waals surface area (Å²) >= 11 is 0. The molecule has 0 heterocycles. The molecule has 0 saturated carbocycles. The van der Waals surface area contributed by atoms with E-state index >= 15 is 0 Å². The minimum atomic E-state index is -0.249. The van der Waals surface area contributed by atoms with Crippen LogP contribution in [-0.2, 0) is 9.59 Å². The molecule has 6 nitrogen and oxygen atoms in total. The van der Waals surface area contributed by atoms with Crippen LogP contribution >= 0.6 is 0 Å². The molecule has 0 bridgehead atoms. The van der Waals surface area contributed by atoms with Gasteiger partial charge in [0.05, 0.1) is 23.0 Å². The van der Waals surface area contributed by atoms with Crippen LogP contribution in [-0.4, -0.2) is 24.9 Å². The molecule has 6 heteroatoms. The lowest BCUT2D eigenvalue weighted by Gasteiger charge is -2.13. The van der Waals surface area contributed by atoms with E-state index in [9.17, 15) is 9.59 Å². The Morgan fingerprint density at radius 3 is 2.50 bits per heavy atom. The van der Waals surface area contributed by atoms with Gasteiger partial charge in [0.25, 0.3) is 0 Å². The fourth-order valence-electron chi connectivity index (χ4n) is 1.86. The van der Waals surface area contributed by atoms with Gasteiger partial charge in [-0.1, -0.05) is 6.92 Å². The van der Waals surface area contributed by atoms with Crippen molar-refractivity contribution in [2.24, 2.45) is 0 Å². The Balaban J connectivity index is 2.71. The van der Waals surface area contributed by atoms with E-state index in [1.807, 2.05) is 19.9 Å². The maximum Gasteiger partial charge on any atom is 0.224 e. The summed E-state index contributed by atoms with van der Waals surface area (Å²) in [7, 11) is 0. The fourth-order valence-corrected chi connectivity index (χ4v) is 1.86. The van der Waals surface area contributed by atoms with Gasteiger partial charge in [-0.15, -0.1) is 0 Å². The van der Waals surface area contributed by atoms with Gasteiger partial charge in [0.15, 0.2) is 0 Å². The largest absolute Gasteiger partial charge is 0.383 e. The molecular weight excluding hydrogens is 280 g/mol. The van der Waals surface area contributed by atoms with E-state index < -0.39 is 0 Å². The van der Waals surface area contributed by atoms with Crippen LogP contribution in [0.1, 0.15) is 38.7 Å². The Kier molecular flexibility index (Phi) is 7.48. The average molecular weight is 302 g/mol. The van der Waals surface area contributed by atoms with Crippen molar-refractivity contribution in [2.45, 2.75) is 33.1 Å². The van der Waals surface area contributed by atoms with Gasteiger partial charge in [-0.25, -0.2) is 0 Å². The Labute approximate surface area is 130 Å². The number of carbonyl (C=O) groups is 2. The molecule has 0 aliphatic heterocycles. The molecule has 22 heavy (non-hydrogen) atoms.